The molecule has 3 aliphatic rings. The Hall–Kier alpha value is -3.48. The number of nitrogens with zero attached hydrogens (tertiary/aromatic N) is 2. The van der Waals surface area contributed by atoms with Gasteiger partial charge >= 0.3 is 0 Å². The lowest BCUT2D eigenvalue weighted by molar-refractivity contribution is -0.438. The maximum Gasteiger partial charge on any atom is 0.209 e. The Morgan fingerprint density at radius 2 is 1.34 bits per heavy atom. The monoisotopic (exact) mass is 766 g/mol. The van der Waals surface area contributed by atoms with Gasteiger partial charge in [-0.1, -0.05) is 123 Å². The Morgan fingerprint density at radius 1 is 0.696 bits per heavy atom. The smallest absolute Gasteiger partial charge is 0.209 e. The number of hydrogen-bond donors (Lipinski definition) is 1. The molecule has 0 fully saturated rings. The summed E-state index contributed by atoms with van der Waals surface area (Å²) in [5.41, 5.74) is 8.52. The SMILES string of the molecule is CCCCCCCCCCCC[N+]1=C(/C=C2/C(=O)C(/C=C3\N(CCOCCOCCCC)c4ccccc4C3(C)C)=C2O)C(C)(C)c2cc(CCCC)ccc21. The van der Waals surface area contributed by atoms with Gasteiger partial charge in [0, 0.05) is 54.1 Å². The van der Waals surface area contributed by atoms with Crippen LogP contribution in [0.25, 0.3) is 0 Å². The molecule has 2 aromatic carbocycles. The van der Waals surface area contributed by atoms with E-state index in [4.69, 9.17) is 9.47 Å². The molecule has 0 saturated heterocycles. The van der Waals surface area contributed by atoms with Crippen molar-refractivity contribution in [3.05, 3.63) is 93.9 Å². The molecule has 0 aromatic heterocycles. The van der Waals surface area contributed by atoms with Crippen molar-refractivity contribution in [2.45, 2.75) is 156 Å². The molecule has 0 unspecified atom stereocenters. The molecule has 2 aliphatic heterocycles. The molecule has 1 aliphatic carbocycles. The summed E-state index contributed by atoms with van der Waals surface area (Å²) in [4.78, 5) is 16.4. The summed E-state index contributed by atoms with van der Waals surface area (Å²) in [6, 6.07) is 15.4. The number of para-hydroxylation sites is 1. The summed E-state index contributed by atoms with van der Waals surface area (Å²) in [5, 5.41) is 11.7. The standard InChI is InChI=1S/C50H72N2O4/c1-8-11-14-15-16-17-18-19-20-23-29-51-44-28-27-38(24-12-9-2)35-42(44)50(6,7)46(51)37-40-47(53)39(48(40)54)36-45-49(4,5)41-25-21-22-26-43(41)52(45)30-32-56-34-33-55-31-13-10-3/h21-22,25-28,35-37H,8-20,23-24,29-34H2,1-7H3/p+1. The van der Waals surface area contributed by atoms with Gasteiger partial charge in [0.25, 0.3) is 0 Å². The van der Waals surface area contributed by atoms with Gasteiger partial charge in [0.2, 0.25) is 11.5 Å². The Balaban J connectivity index is 1.37. The predicted molar refractivity (Wildman–Crippen MR) is 234 cm³/mol. The largest absolute Gasteiger partial charge is 0.506 e. The number of fused-ring (bicyclic) bond motifs is 2. The van der Waals surface area contributed by atoms with E-state index in [-0.39, 0.29) is 22.4 Å². The van der Waals surface area contributed by atoms with E-state index in [2.05, 4.69) is 100 Å². The minimum atomic E-state index is -0.349. The van der Waals surface area contributed by atoms with Crippen molar-refractivity contribution in [2.24, 2.45) is 0 Å². The zero-order chi connectivity index (χ0) is 40.1. The summed E-state index contributed by atoms with van der Waals surface area (Å²) < 4.78 is 14.1. The third kappa shape index (κ3) is 10.1. The maximum atomic E-state index is 14.1. The number of allylic oxidation sites excluding steroid dienone is 5. The second kappa shape index (κ2) is 20.8. The number of carbonyl (C=O) groups excluding carboxylic acids is 1. The summed E-state index contributed by atoms with van der Waals surface area (Å²) >= 11 is 0. The van der Waals surface area contributed by atoms with Crippen LogP contribution in [0.3, 0.4) is 0 Å². The van der Waals surface area contributed by atoms with Gasteiger partial charge in [-0.3, -0.25) is 4.79 Å². The van der Waals surface area contributed by atoms with Crippen molar-refractivity contribution in [2.75, 3.05) is 44.4 Å². The average molecular weight is 766 g/mol. The molecule has 0 amide bonds. The Morgan fingerprint density at radius 3 is 2.02 bits per heavy atom. The number of carbonyl (C=O) groups is 1. The fourth-order valence-electron chi connectivity index (χ4n) is 8.77. The Labute approximate surface area is 339 Å². The lowest BCUT2D eigenvalue weighted by Gasteiger charge is -2.29. The molecule has 0 atom stereocenters. The van der Waals surface area contributed by atoms with Crippen LogP contribution in [0.1, 0.15) is 155 Å². The van der Waals surface area contributed by atoms with E-state index in [1.54, 1.807) is 0 Å². The van der Waals surface area contributed by atoms with Gasteiger partial charge < -0.3 is 19.5 Å². The molecule has 1 N–H and O–H groups in total. The summed E-state index contributed by atoms with van der Waals surface area (Å²) in [6.45, 7) is 19.6. The zero-order valence-corrected chi connectivity index (χ0v) is 36.1. The van der Waals surface area contributed by atoms with Gasteiger partial charge in [-0.25, -0.2) is 0 Å². The number of unbranched alkanes of at least 4 members (excludes halogenated alkanes) is 11. The molecule has 6 nitrogen and oxygen atoms in total. The molecule has 2 aromatic rings. The van der Waals surface area contributed by atoms with E-state index in [1.165, 1.54) is 93.0 Å². The number of hydrogen-bond acceptors (Lipinski definition) is 5. The Kier molecular flexibility index (Phi) is 16.2. The van der Waals surface area contributed by atoms with Crippen molar-refractivity contribution in [3.8, 4) is 0 Å². The first kappa shape index (κ1) is 43.6. The van der Waals surface area contributed by atoms with Crippen LogP contribution in [0, 0.1) is 0 Å². The summed E-state index contributed by atoms with van der Waals surface area (Å²) in [7, 11) is 0. The van der Waals surface area contributed by atoms with Crippen molar-refractivity contribution in [1.29, 1.82) is 0 Å². The van der Waals surface area contributed by atoms with Crippen LogP contribution in [0.5, 0.6) is 0 Å². The van der Waals surface area contributed by atoms with Crippen LogP contribution in [0.4, 0.5) is 11.4 Å². The topological polar surface area (TPSA) is 62.0 Å². The predicted octanol–water partition coefficient (Wildman–Crippen LogP) is 12.2. The quantitative estimate of drug-likeness (QED) is 0.0620. The van der Waals surface area contributed by atoms with Gasteiger partial charge in [-0.05, 0) is 68.9 Å². The number of aliphatic hydroxyl groups excluding tert-OH is 1. The number of ether oxygens (including phenoxy) is 2. The zero-order valence-electron chi connectivity index (χ0n) is 36.1. The highest BCUT2D eigenvalue weighted by Gasteiger charge is 2.47. The number of rotatable bonds is 25. The van der Waals surface area contributed by atoms with E-state index >= 15 is 0 Å². The van der Waals surface area contributed by atoms with Crippen molar-refractivity contribution in [1.82, 2.24) is 0 Å². The number of aliphatic hydroxyl groups is 1. The van der Waals surface area contributed by atoms with Gasteiger partial charge in [0.05, 0.1) is 36.4 Å². The molecule has 306 valence electrons. The molecular weight excluding hydrogens is 693 g/mol. The number of benzene rings is 2. The normalized spacial score (nSPS) is 18.4. The number of aryl methyl sites for hydroxylation is 1. The highest BCUT2D eigenvalue weighted by molar-refractivity contribution is 6.24. The number of Topliss-reactive ketones (excluding diaryl/α,β-unsaturated/α-hetero) is 1. The average Bonchev–Trinajstić information content (AvgIpc) is 3.54. The molecule has 0 saturated carbocycles. The molecule has 0 spiro atoms. The lowest BCUT2D eigenvalue weighted by atomic mass is 9.77. The van der Waals surface area contributed by atoms with Gasteiger partial charge in [0.15, 0.2) is 5.71 Å². The molecular formula is C50H73N2O4+. The highest BCUT2D eigenvalue weighted by atomic mass is 16.5. The van der Waals surface area contributed by atoms with Crippen LogP contribution in [0.2, 0.25) is 0 Å². The van der Waals surface area contributed by atoms with Crippen LogP contribution in [-0.4, -0.2) is 60.7 Å². The third-order valence-electron chi connectivity index (χ3n) is 12.3. The minimum Gasteiger partial charge on any atom is -0.506 e. The molecule has 5 rings (SSSR count). The van der Waals surface area contributed by atoms with Crippen molar-refractivity contribution in [3.63, 3.8) is 0 Å². The van der Waals surface area contributed by atoms with Crippen LogP contribution < -0.4 is 4.90 Å². The third-order valence-corrected chi connectivity index (χ3v) is 12.3. The fraction of sp³-hybridized carbons (Fsp3) is 0.600. The molecule has 0 radical (unpaired) electrons. The Bertz CT molecular complexity index is 1760. The fourth-order valence-corrected chi connectivity index (χ4v) is 8.77. The van der Waals surface area contributed by atoms with Crippen LogP contribution in [0.15, 0.2) is 77.2 Å². The second-order valence-corrected chi connectivity index (χ2v) is 17.3. The second-order valence-electron chi connectivity index (χ2n) is 17.3. The first-order valence-corrected chi connectivity index (χ1v) is 22.3. The first-order valence-electron chi connectivity index (χ1n) is 22.3. The van der Waals surface area contributed by atoms with E-state index in [0.717, 1.165) is 55.9 Å². The van der Waals surface area contributed by atoms with Crippen molar-refractivity contribution >= 4 is 22.9 Å². The number of anilines is 1. The lowest BCUT2D eigenvalue weighted by Crippen LogP contribution is -2.33. The minimum absolute atomic E-state index is 0.0936. The molecule has 0 bridgehead atoms. The van der Waals surface area contributed by atoms with Crippen molar-refractivity contribution < 1.29 is 24.0 Å². The summed E-state index contributed by atoms with van der Waals surface area (Å²) in [6.07, 6.45) is 22.5. The molecule has 2 heterocycles. The van der Waals surface area contributed by atoms with Crippen LogP contribution >= 0.6 is 0 Å². The van der Waals surface area contributed by atoms with E-state index in [1.807, 2.05) is 12.2 Å². The molecule has 56 heavy (non-hydrogen) atoms. The number of ketones is 1. The van der Waals surface area contributed by atoms with Gasteiger partial charge in [-0.15, -0.1) is 0 Å². The van der Waals surface area contributed by atoms with E-state index < -0.39 is 0 Å². The van der Waals surface area contributed by atoms with Gasteiger partial charge in [-0.2, -0.15) is 4.58 Å². The van der Waals surface area contributed by atoms with E-state index in [9.17, 15) is 9.90 Å². The van der Waals surface area contributed by atoms with Gasteiger partial charge in [0.1, 0.15) is 12.3 Å². The summed E-state index contributed by atoms with van der Waals surface area (Å²) in [5.74, 6) is 0.000392. The maximum absolute atomic E-state index is 14.1. The highest BCUT2D eigenvalue weighted by Crippen LogP contribution is 2.49. The first-order chi connectivity index (χ1) is 27.1. The van der Waals surface area contributed by atoms with Crippen LogP contribution in [-0.2, 0) is 31.5 Å². The van der Waals surface area contributed by atoms with E-state index in [0.29, 0.717) is 37.5 Å². The molecule has 6 heteroatoms.